The first kappa shape index (κ1) is 15.2. The fourth-order valence-corrected chi connectivity index (χ4v) is 3.69. The Bertz CT molecular complexity index is 884. The van der Waals surface area contributed by atoms with E-state index in [0.29, 0.717) is 12.5 Å². The van der Waals surface area contributed by atoms with E-state index in [0.717, 1.165) is 27.7 Å². The summed E-state index contributed by atoms with van der Waals surface area (Å²) in [7, 11) is 0. The van der Waals surface area contributed by atoms with Crippen molar-refractivity contribution in [3.05, 3.63) is 36.0 Å². The molecule has 0 bridgehead atoms. The largest absolute Gasteiger partial charge is 0.479 e. The van der Waals surface area contributed by atoms with Crippen LogP contribution in [-0.2, 0) is 4.79 Å². The Hall–Kier alpha value is -2.34. The van der Waals surface area contributed by atoms with Gasteiger partial charge in [0.1, 0.15) is 5.75 Å². The lowest BCUT2D eigenvalue weighted by molar-refractivity contribution is -0.125. The number of fused-ring (bicyclic) bond motifs is 2. The fourth-order valence-electron chi connectivity index (χ4n) is 2.99. The van der Waals surface area contributed by atoms with Crippen molar-refractivity contribution < 1.29 is 9.53 Å². The van der Waals surface area contributed by atoms with E-state index in [9.17, 15) is 4.79 Å². The molecule has 1 amide bonds. The Morgan fingerprint density at radius 3 is 2.96 bits per heavy atom. The normalized spacial score (nSPS) is 17.4. The Labute approximate surface area is 144 Å². The summed E-state index contributed by atoms with van der Waals surface area (Å²) in [4.78, 5) is 20.0. The third-order valence-electron chi connectivity index (χ3n) is 4.10. The number of nitrogens with zero attached hydrogens (tertiary/aromatic N) is 3. The maximum Gasteiger partial charge on any atom is 0.267 e. The van der Waals surface area contributed by atoms with Crippen LogP contribution in [0.1, 0.15) is 20.8 Å². The van der Waals surface area contributed by atoms with Crippen LogP contribution in [0.3, 0.4) is 0 Å². The number of aromatic nitrogens is 2. The van der Waals surface area contributed by atoms with Gasteiger partial charge in [0.15, 0.2) is 11.1 Å². The number of carbonyl (C=O) groups excluding carboxylic acids is 1. The van der Waals surface area contributed by atoms with E-state index in [4.69, 9.17) is 4.74 Å². The lowest BCUT2D eigenvalue weighted by Crippen LogP contribution is -2.46. The second kappa shape index (κ2) is 5.63. The van der Waals surface area contributed by atoms with E-state index in [2.05, 4.69) is 18.8 Å². The molecule has 2 aromatic heterocycles. The highest BCUT2D eigenvalue weighted by Crippen LogP contribution is 2.38. The molecule has 0 aliphatic carbocycles. The molecule has 24 heavy (non-hydrogen) atoms. The second-order valence-corrected chi connectivity index (χ2v) is 7.38. The topological polar surface area (TPSA) is 46.8 Å². The van der Waals surface area contributed by atoms with Crippen molar-refractivity contribution in [2.75, 3.05) is 11.4 Å². The molecular formula is C18H19N3O2S. The standard InChI is InChI=1S/C18H19N3O2S/c1-11(2)9-21-15-8-13(4-5-16(15)23-12(3)17(21)22)14-10-20-6-7-24-18(20)19-14/h4-8,10-12H,9H2,1-3H3. The van der Waals surface area contributed by atoms with Crippen LogP contribution in [0.25, 0.3) is 16.2 Å². The van der Waals surface area contributed by atoms with Crippen molar-refractivity contribution in [3.63, 3.8) is 0 Å². The molecule has 0 saturated carbocycles. The number of amides is 1. The third kappa shape index (κ3) is 2.47. The number of anilines is 1. The molecule has 1 aliphatic heterocycles. The average Bonchev–Trinajstić information content (AvgIpc) is 3.12. The molecule has 4 rings (SSSR count). The maximum absolute atomic E-state index is 12.6. The highest BCUT2D eigenvalue weighted by atomic mass is 32.1. The molecule has 0 radical (unpaired) electrons. The van der Waals surface area contributed by atoms with Crippen LogP contribution in [0.5, 0.6) is 5.75 Å². The number of benzene rings is 1. The van der Waals surface area contributed by atoms with Crippen molar-refractivity contribution in [2.45, 2.75) is 26.9 Å². The molecule has 0 fully saturated rings. The molecule has 3 heterocycles. The summed E-state index contributed by atoms with van der Waals surface area (Å²) in [6.45, 7) is 6.71. The van der Waals surface area contributed by atoms with Gasteiger partial charge in [0.05, 0.1) is 11.4 Å². The zero-order chi connectivity index (χ0) is 16.8. The zero-order valence-electron chi connectivity index (χ0n) is 13.9. The van der Waals surface area contributed by atoms with E-state index in [1.165, 1.54) is 0 Å². The van der Waals surface area contributed by atoms with E-state index in [1.807, 2.05) is 45.3 Å². The van der Waals surface area contributed by atoms with Crippen molar-refractivity contribution in [1.29, 1.82) is 0 Å². The van der Waals surface area contributed by atoms with E-state index in [-0.39, 0.29) is 5.91 Å². The van der Waals surface area contributed by atoms with Gasteiger partial charge in [-0.25, -0.2) is 4.98 Å². The van der Waals surface area contributed by atoms with Gasteiger partial charge in [-0.15, -0.1) is 11.3 Å². The monoisotopic (exact) mass is 341 g/mol. The van der Waals surface area contributed by atoms with E-state index in [1.54, 1.807) is 18.3 Å². The van der Waals surface area contributed by atoms with Gasteiger partial charge >= 0.3 is 0 Å². The maximum atomic E-state index is 12.6. The Balaban J connectivity index is 1.79. The van der Waals surface area contributed by atoms with Crippen molar-refractivity contribution in [3.8, 4) is 17.0 Å². The number of imidazole rings is 1. The van der Waals surface area contributed by atoms with Crippen LogP contribution in [0.4, 0.5) is 5.69 Å². The zero-order valence-corrected chi connectivity index (χ0v) is 14.7. The lowest BCUT2D eigenvalue weighted by atomic mass is 10.1. The van der Waals surface area contributed by atoms with E-state index < -0.39 is 6.10 Å². The van der Waals surface area contributed by atoms with Crippen LogP contribution in [0.15, 0.2) is 36.0 Å². The van der Waals surface area contributed by atoms with Gasteiger partial charge in [-0.3, -0.25) is 9.20 Å². The van der Waals surface area contributed by atoms with Gasteiger partial charge in [0.2, 0.25) is 0 Å². The van der Waals surface area contributed by atoms with Gasteiger partial charge in [-0.05, 0) is 31.0 Å². The number of rotatable bonds is 3. The quantitative estimate of drug-likeness (QED) is 0.727. The van der Waals surface area contributed by atoms with Crippen LogP contribution >= 0.6 is 11.3 Å². The summed E-state index contributed by atoms with van der Waals surface area (Å²) in [5.41, 5.74) is 2.73. The van der Waals surface area contributed by atoms with Crippen LogP contribution < -0.4 is 9.64 Å². The van der Waals surface area contributed by atoms with Gasteiger partial charge in [-0.1, -0.05) is 13.8 Å². The molecule has 1 aromatic carbocycles. The van der Waals surface area contributed by atoms with Crippen LogP contribution in [0.2, 0.25) is 0 Å². The van der Waals surface area contributed by atoms with Gasteiger partial charge in [0, 0.05) is 29.9 Å². The number of carbonyl (C=O) groups is 1. The number of ether oxygens (including phenoxy) is 1. The second-order valence-electron chi connectivity index (χ2n) is 6.50. The highest BCUT2D eigenvalue weighted by Gasteiger charge is 2.32. The first-order valence-electron chi connectivity index (χ1n) is 8.07. The number of hydrogen-bond donors (Lipinski definition) is 0. The average molecular weight is 341 g/mol. The molecule has 0 saturated heterocycles. The number of hydrogen-bond acceptors (Lipinski definition) is 4. The Morgan fingerprint density at radius 1 is 1.38 bits per heavy atom. The molecule has 3 aromatic rings. The van der Waals surface area contributed by atoms with Crippen molar-refractivity contribution >= 4 is 27.9 Å². The summed E-state index contributed by atoms with van der Waals surface area (Å²) < 4.78 is 7.78. The van der Waals surface area contributed by atoms with Crippen LogP contribution in [-0.4, -0.2) is 27.9 Å². The molecule has 1 aliphatic rings. The molecule has 124 valence electrons. The van der Waals surface area contributed by atoms with Crippen molar-refractivity contribution in [1.82, 2.24) is 9.38 Å². The number of thiazole rings is 1. The van der Waals surface area contributed by atoms with E-state index >= 15 is 0 Å². The minimum absolute atomic E-state index is 0.0131. The molecule has 0 spiro atoms. The third-order valence-corrected chi connectivity index (χ3v) is 4.87. The molecule has 1 unspecified atom stereocenters. The minimum Gasteiger partial charge on any atom is -0.479 e. The SMILES string of the molecule is CC(C)CN1C(=O)C(C)Oc2ccc(-c3cn4ccsc4n3)cc21. The summed E-state index contributed by atoms with van der Waals surface area (Å²) in [5, 5.41) is 2.01. The summed E-state index contributed by atoms with van der Waals surface area (Å²) in [6, 6.07) is 5.95. The predicted octanol–water partition coefficient (Wildman–Crippen LogP) is 3.83. The molecular weight excluding hydrogens is 322 g/mol. The van der Waals surface area contributed by atoms with Gasteiger partial charge in [0.25, 0.3) is 5.91 Å². The summed E-state index contributed by atoms with van der Waals surface area (Å²) in [6.07, 6.45) is 3.56. The minimum atomic E-state index is -0.444. The first-order valence-corrected chi connectivity index (χ1v) is 8.95. The Morgan fingerprint density at radius 2 is 2.21 bits per heavy atom. The summed E-state index contributed by atoms with van der Waals surface area (Å²) in [5.74, 6) is 1.15. The molecule has 6 heteroatoms. The van der Waals surface area contributed by atoms with Gasteiger partial charge < -0.3 is 9.64 Å². The van der Waals surface area contributed by atoms with Gasteiger partial charge in [-0.2, -0.15) is 0 Å². The fraction of sp³-hybridized carbons (Fsp3) is 0.333. The smallest absolute Gasteiger partial charge is 0.267 e. The lowest BCUT2D eigenvalue weighted by Gasteiger charge is -2.34. The Kier molecular flexibility index (Phi) is 3.57. The highest BCUT2D eigenvalue weighted by molar-refractivity contribution is 7.15. The molecule has 1 atom stereocenters. The van der Waals surface area contributed by atoms with Crippen molar-refractivity contribution in [2.24, 2.45) is 5.92 Å². The first-order chi connectivity index (χ1) is 11.5. The summed E-state index contributed by atoms with van der Waals surface area (Å²) >= 11 is 1.60. The molecule has 0 N–H and O–H groups in total. The predicted molar refractivity (Wildman–Crippen MR) is 95.8 cm³/mol. The molecule has 5 nitrogen and oxygen atoms in total. The van der Waals surface area contributed by atoms with Crippen LogP contribution in [0, 0.1) is 5.92 Å².